The maximum absolute atomic E-state index is 13.3. The van der Waals surface area contributed by atoms with Crippen LogP contribution in [-0.4, -0.2) is 33.3 Å². The van der Waals surface area contributed by atoms with E-state index in [1.807, 2.05) is 6.07 Å². The number of amides is 1. The maximum Gasteiger partial charge on any atom is 0.256 e. The Morgan fingerprint density at radius 3 is 2.47 bits per heavy atom. The lowest BCUT2D eigenvalue weighted by molar-refractivity contribution is 0.102. The minimum Gasteiger partial charge on any atom is -0.304 e. The van der Waals surface area contributed by atoms with E-state index < -0.39 is 0 Å². The van der Waals surface area contributed by atoms with E-state index in [-0.39, 0.29) is 23.2 Å². The predicted molar refractivity (Wildman–Crippen MR) is 120 cm³/mol. The fraction of sp³-hybridized carbons (Fsp3) is 0.0417. The number of hydrogen-bond acceptors (Lipinski definition) is 5. The molecule has 0 spiro atoms. The Hall–Kier alpha value is -4.64. The molecule has 2 aromatic carbocycles. The van der Waals surface area contributed by atoms with Crippen molar-refractivity contribution in [2.45, 2.75) is 0 Å². The Kier molecular flexibility index (Phi) is 5.55. The lowest BCUT2D eigenvalue weighted by atomic mass is 10.0. The van der Waals surface area contributed by atoms with Gasteiger partial charge in [0.15, 0.2) is 17.2 Å². The minimum atomic E-state index is -0.383. The molecule has 7 nitrogen and oxygen atoms in total. The van der Waals surface area contributed by atoms with Gasteiger partial charge in [-0.1, -0.05) is 24.8 Å². The molecule has 4 aromatic rings. The Labute approximate surface area is 183 Å². The van der Waals surface area contributed by atoms with Crippen molar-refractivity contribution in [3.05, 3.63) is 102 Å². The molecule has 0 saturated heterocycles. The van der Waals surface area contributed by atoms with Gasteiger partial charge in [-0.05, 0) is 48.5 Å². The van der Waals surface area contributed by atoms with Crippen LogP contribution in [0.3, 0.4) is 0 Å². The maximum atomic E-state index is 13.3. The van der Waals surface area contributed by atoms with Crippen LogP contribution in [0.15, 0.2) is 78.3 Å². The highest BCUT2D eigenvalue weighted by Crippen LogP contribution is 2.21. The number of nitriles is 1. The van der Waals surface area contributed by atoms with Crippen LogP contribution in [0, 0.1) is 17.1 Å². The molecule has 0 unspecified atom stereocenters. The number of imidazole rings is 1. The molecule has 0 bridgehead atoms. The molecule has 0 saturated carbocycles. The number of halogens is 1. The Balaban J connectivity index is 1.69. The van der Waals surface area contributed by atoms with Gasteiger partial charge in [0.1, 0.15) is 11.9 Å². The second-order valence-electron chi connectivity index (χ2n) is 6.79. The van der Waals surface area contributed by atoms with Crippen molar-refractivity contribution in [1.29, 1.82) is 5.26 Å². The van der Waals surface area contributed by atoms with Crippen LogP contribution in [0.1, 0.15) is 27.3 Å². The summed E-state index contributed by atoms with van der Waals surface area (Å²) in [6.45, 7) is 4.08. The van der Waals surface area contributed by atoms with Crippen LogP contribution in [-0.2, 0) is 0 Å². The molecule has 1 amide bonds. The molecule has 0 aliphatic heterocycles. The van der Waals surface area contributed by atoms with Crippen LogP contribution in [0.2, 0.25) is 0 Å². The summed E-state index contributed by atoms with van der Waals surface area (Å²) < 4.78 is 14.6. The fourth-order valence-corrected chi connectivity index (χ4v) is 3.22. The zero-order chi connectivity index (χ0) is 22.7. The average Bonchev–Trinajstić information content (AvgIpc) is 3.17. The molecule has 4 rings (SSSR count). The second kappa shape index (κ2) is 8.62. The van der Waals surface area contributed by atoms with Crippen molar-refractivity contribution in [1.82, 2.24) is 14.6 Å². The molecular formula is C24H17FN6O. The third-order valence-electron chi connectivity index (χ3n) is 4.79. The zero-order valence-electron chi connectivity index (χ0n) is 17.1. The van der Waals surface area contributed by atoms with Gasteiger partial charge in [0.05, 0.1) is 11.4 Å². The van der Waals surface area contributed by atoms with Crippen LogP contribution in [0.4, 0.5) is 10.2 Å². The summed E-state index contributed by atoms with van der Waals surface area (Å²) in [5.41, 5.74) is 3.08. The molecule has 0 aliphatic carbocycles. The lowest BCUT2D eigenvalue weighted by Gasteiger charge is -2.09. The number of carbonyl (C=O) groups excluding carboxylic acids is 1. The highest BCUT2D eigenvalue weighted by Gasteiger charge is 2.18. The van der Waals surface area contributed by atoms with Crippen molar-refractivity contribution in [2.75, 3.05) is 12.4 Å². The Morgan fingerprint density at radius 1 is 1.09 bits per heavy atom. The smallest absolute Gasteiger partial charge is 0.256 e. The van der Waals surface area contributed by atoms with E-state index in [0.717, 1.165) is 0 Å². The SMILES string of the molecule is C=C(C(=NC)c1ccc(F)cc1)c1ccc2nc(NC(=O)c3ccccc3)c(C#N)n2n1. The van der Waals surface area contributed by atoms with Crippen LogP contribution in [0.5, 0.6) is 0 Å². The lowest BCUT2D eigenvalue weighted by Crippen LogP contribution is -2.13. The Morgan fingerprint density at radius 2 is 1.81 bits per heavy atom. The molecular weight excluding hydrogens is 407 g/mol. The van der Waals surface area contributed by atoms with Gasteiger partial charge < -0.3 is 5.32 Å². The van der Waals surface area contributed by atoms with Gasteiger partial charge in [0, 0.05) is 23.7 Å². The number of aromatic nitrogens is 3. The number of rotatable bonds is 5. The molecule has 1 N–H and O–H groups in total. The van der Waals surface area contributed by atoms with Gasteiger partial charge in [0.25, 0.3) is 5.91 Å². The van der Waals surface area contributed by atoms with E-state index >= 15 is 0 Å². The monoisotopic (exact) mass is 424 g/mol. The van der Waals surface area contributed by atoms with Crippen molar-refractivity contribution in [3.8, 4) is 6.07 Å². The molecule has 156 valence electrons. The van der Waals surface area contributed by atoms with Crippen molar-refractivity contribution in [3.63, 3.8) is 0 Å². The summed E-state index contributed by atoms with van der Waals surface area (Å²) >= 11 is 0. The van der Waals surface area contributed by atoms with Crippen LogP contribution >= 0.6 is 0 Å². The summed E-state index contributed by atoms with van der Waals surface area (Å²) in [6.07, 6.45) is 0. The third kappa shape index (κ3) is 3.87. The summed E-state index contributed by atoms with van der Waals surface area (Å²) in [7, 11) is 1.61. The topological polar surface area (TPSA) is 95.4 Å². The van der Waals surface area contributed by atoms with Crippen LogP contribution < -0.4 is 5.32 Å². The fourth-order valence-electron chi connectivity index (χ4n) is 3.22. The number of hydrogen-bond donors (Lipinski definition) is 1. The van der Waals surface area contributed by atoms with Crippen molar-refractivity contribution in [2.24, 2.45) is 4.99 Å². The Bertz CT molecular complexity index is 1400. The first-order chi connectivity index (χ1) is 15.5. The van der Waals surface area contributed by atoms with Gasteiger partial charge >= 0.3 is 0 Å². The molecule has 2 aromatic heterocycles. The van der Waals surface area contributed by atoms with Gasteiger partial charge in [-0.3, -0.25) is 9.79 Å². The number of nitrogens with zero attached hydrogens (tertiary/aromatic N) is 5. The number of carbonyl (C=O) groups is 1. The first-order valence-electron chi connectivity index (χ1n) is 9.60. The van der Waals surface area contributed by atoms with E-state index in [0.29, 0.717) is 33.8 Å². The number of anilines is 1. The van der Waals surface area contributed by atoms with E-state index in [1.54, 1.807) is 61.6 Å². The summed E-state index contributed by atoms with van der Waals surface area (Å²) in [5, 5.41) is 16.8. The highest BCUT2D eigenvalue weighted by atomic mass is 19.1. The number of aliphatic imine (C=N–C) groups is 1. The standard InChI is InChI=1S/C24H17FN6O/c1-15(22(27-2)16-8-10-18(25)11-9-16)19-12-13-21-28-23(20(14-26)31(21)30-19)29-24(32)17-6-4-3-5-7-17/h3-13H,1H2,2H3,(H,29,32). The number of benzene rings is 2. The van der Waals surface area contributed by atoms with Gasteiger partial charge in [-0.15, -0.1) is 0 Å². The zero-order valence-corrected chi connectivity index (χ0v) is 17.1. The summed E-state index contributed by atoms with van der Waals surface area (Å²) in [5.74, 6) is -0.622. The molecule has 8 heteroatoms. The predicted octanol–water partition coefficient (Wildman–Crippen LogP) is 4.12. The normalized spacial score (nSPS) is 11.2. The van der Waals surface area contributed by atoms with Crippen molar-refractivity contribution < 1.29 is 9.18 Å². The van der Waals surface area contributed by atoms with Crippen molar-refractivity contribution >= 4 is 28.7 Å². The number of allylic oxidation sites excluding steroid dienone is 1. The third-order valence-corrected chi connectivity index (χ3v) is 4.79. The van der Waals surface area contributed by atoms with Crippen LogP contribution in [0.25, 0.3) is 11.2 Å². The molecule has 2 heterocycles. The van der Waals surface area contributed by atoms with Gasteiger partial charge in [-0.2, -0.15) is 10.4 Å². The van der Waals surface area contributed by atoms with E-state index in [1.165, 1.54) is 16.6 Å². The highest BCUT2D eigenvalue weighted by molar-refractivity contribution is 6.30. The first kappa shape index (κ1) is 20.6. The van der Waals surface area contributed by atoms with Gasteiger partial charge in [-0.25, -0.2) is 13.9 Å². The molecule has 0 fully saturated rings. The molecule has 0 atom stereocenters. The molecule has 32 heavy (non-hydrogen) atoms. The summed E-state index contributed by atoms with van der Waals surface area (Å²) in [4.78, 5) is 21.1. The first-order valence-corrected chi connectivity index (χ1v) is 9.60. The second-order valence-corrected chi connectivity index (χ2v) is 6.79. The number of fused-ring (bicyclic) bond motifs is 1. The van der Waals surface area contributed by atoms with E-state index in [2.05, 4.69) is 27.0 Å². The van der Waals surface area contributed by atoms with Gasteiger partial charge in [0.2, 0.25) is 0 Å². The largest absolute Gasteiger partial charge is 0.304 e. The molecule has 0 radical (unpaired) electrons. The molecule has 0 aliphatic rings. The minimum absolute atomic E-state index is 0.0794. The van der Waals surface area contributed by atoms with E-state index in [4.69, 9.17) is 0 Å². The number of nitrogens with one attached hydrogen (secondary N) is 1. The average molecular weight is 424 g/mol. The summed E-state index contributed by atoms with van der Waals surface area (Å²) in [6, 6.07) is 19.9. The quantitative estimate of drug-likeness (QED) is 0.488. The van der Waals surface area contributed by atoms with E-state index in [9.17, 15) is 14.4 Å².